The first-order valence-corrected chi connectivity index (χ1v) is 8.62. The minimum atomic E-state index is -0.570. The molecule has 1 aromatic rings. The van der Waals surface area contributed by atoms with Crippen molar-refractivity contribution in [3.05, 3.63) is 23.8 Å². The molecule has 3 rings (SSSR count). The zero-order chi connectivity index (χ0) is 17.8. The fourth-order valence-corrected chi connectivity index (χ4v) is 3.58. The second-order valence-corrected chi connectivity index (χ2v) is 6.38. The number of nitrogens with two attached hydrogens (primary N) is 1. The third-order valence-corrected chi connectivity index (χ3v) is 4.77. The number of nitrogens with zero attached hydrogens (tertiary/aromatic N) is 1. The fraction of sp³-hybridized carbons (Fsp3) is 0.556. The lowest BCUT2D eigenvalue weighted by molar-refractivity contribution is -0.119. The Morgan fingerprint density at radius 1 is 1.28 bits per heavy atom. The maximum absolute atomic E-state index is 13.0. The van der Waals surface area contributed by atoms with Gasteiger partial charge in [-0.1, -0.05) is 12.8 Å². The summed E-state index contributed by atoms with van der Waals surface area (Å²) in [5, 5.41) is 0. The number of carbonyl (C=O) groups excluding carboxylic acids is 2. The quantitative estimate of drug-likeness (QED) is 0.867. The third kappa shape index (κ3) is 3.87. The molecule has 25 heavy (non-hydrogen) atoms. The first-order chi connectivity index (χ1) is 12.1. The molecule has 2 aliphatic rings. The van der Waals surface area contributed by atoms with Crippen LogP contribution < -0.4 is 15.2 Å². The fourth-order valence-electron chi connectivity index (χ4n) is 3.58. The molecule has 0 aromatic heterocycles. The molecule has 2 N–H and O–H groups in total. The molecule has 0 spiro atoms. The van der Waals surface area contributed by atoms with Gasteiger partial charge in [0.05, 0.1) is 25.9 Å². The highest BCUT2D eigenvalue weighted by molar-refractivity contribution is 5.95. The molecular weight excluding hydrogens is 324 g/mol. The summed E-state index contributed by atoms with van der Waals surface area (Å²) >= 11 is 0. The Kier molecular flexibility index (Phi) is 5.43. The van der Waals surface area contributed by atoms with Crippen LogP contribution in [0.25, 0.3) is 0 Å². The average molecular weight is 348 g/mol. The molecule has 1 saturated heterocycles. The van der Waals surface area contributed by atoms with Gasteiger partial charge in [-0.3, -0.25) is 9.59 Å². The second kappa shape index (κ2) is 7.74. The van der Waals surface area contributed by atoms with Crippen molar-refractivity contribution in [3.8, 4) is 11.5 Å². The van der Waals surface area contributed by atoms with Crippen LogP contribution >= 0.6 is 0 Å². The molecule has 0 unspecified atom stereocenters. The first-order valence-electron chi connectivity index (χ1n) is 8.62. The van der Waals surface area contributed by atoms with E-state index in [4.69, 9.17) is 19.9 Å². The van der Waals surface area contributed by atoms with Crippen molar-refractivity contribution in [2.75, 3.05) is 26.9 Å². The summed E-state index contributed by atoms with van der Waals surface area (Å²) < 4.78 is 16.4. The molecule has 136 valence electrons. The standard InChI is InChI=1S/C18H24N2O5/c1-23-16-10-12(6-7-15(16)25-11-17(19)21)18(22)20-8-9-24-14-5-3-2-4-13(14)20/h6-7,10,13-14H,2-5,8-9,11H2,1H3,(H2,19,21)/t13-,14+/m1/s1. The average Bonchev–Trinajstić information content (AvgIpc) is 2.65. The van der Waals surface area contributed by atoms with Crippen LogP contribution in [0.5, 0.6) is 11.5 Å². The Labute approximate surface area is 147 Å². The summed E-state index contributed by atoms with van der Waals surface area (Å²) in [5.41, 5.74) is 5.63. The Bertz CT molecular complexity index is 646. The Morgan fingerprint density at radius 2 is 2.08 bits per heavy atom. The van der Waals surface area contributed by atoms with Gasteiger partial charge in [0.15, 0.2) is 18.1 Å². The minimum Gasteiger partial charge on any atom is -0.493 e. The van der Waals surface area contributed by atoms with E-state index in [0.29, 0.717) is 30.2 Å². The van der Waals surface area contributed by atoms with Crippen molar-refractivity contribution in [2.24, 2.45) is 5.73 Å². The zero-order valence-corrected chi connectivity index (χ0v) is 14.4. The van der Waals surface area contributed by atoms with Crippen LogP contribution in [0.15, 0.2) is 18.2 Å². The van der Waals surface area contributed by atoms with E-state index in [1.54, 1.807) is 18.2 Å². The molecule has 1 aliphatic heterocycles. The molecule has 1 saturated carbocycles. The molecular formula is C18H24N2O5. The predicted molar refractivity (Wildman–Crippen MR) is 90.7 cm³/mol. The van der Waals surface area contributed by atoms with Crippen LogP contribution in [0.3, 0.4) is 0 Å². The zero-order valence-electron chi connectivity index (χ0n) is 14.4. The van der Waals surface area contributed by atoms with Gasteiger partial charge in [0.1, 0.15) is 0 Å². The number of primary amides is 1. The van der Waals surface area contributed by atoms with E-state index in [1.807, 2.05) is 4.90 Å². The van der Waals surface area contributed by atoms with Gasteiger partial charge in [0.2, 0.25) is 0 Å². The van der Waals surface area contributed by atoms with Gasteiger partial charge >= 0.3 is 0 Å². The predicted octanol–water partition coefficient (Wildman–Crippen LogP) is 1.34. The summed E-state index contributed by atoms with van der Waals surface area (Å²) in [5.74, 6) is 0.190. The maximum Gasteiger partial charge on any atom is 0.255 e. The maximum atomic E-state index is 13.0. The smallest absolute Gasteiger partial charge is 0.255 e. The van der Waals surface area contributed by atoms with Crippen LogP contribution in [-0.2, 0) is 9.53 Å². The van der Waals surface area contributed by atoms with Crippen molar-refractivity contribution in [1.29, 1.82) is 0 Å². The van der Waals surface area contributed by atoms with Crippen molar-refractivity contribution in [3.63, 3.8) is 0 Å². The van der Waals surface area contributed by atoms with Gasteiger partial charge < -0.3 is 24.8 Å². The van der Waals surface area contributed by atoms with E-state index < -0.39 is 5.91 Å². The van der Waals surface area contributed by atoms with Gasteiger partial charge in [-0.25, -0.2) is 0 Å². The molecule has 0 bridgehead atoms. The van der Waals surface area contributed by atoms with Crippen molar-refractivity contribution in [1.82, 2.24) is 4.90 Å². The molecule has 1 aromatic carbocycles. The number of carbonyl (C=O) groups is 2. The van der Waals surface area contributed by atoms with Crippen LogP contribution in [-0.4, -0.2) is 55.7 Å². The van der Waals surface area contributed by atoms with E-state index >= 15 is 0 Å². The number of ether oxygens (including phenoxy) is 3. The van der Waals surface area contributed by atoms with Crippen molar-refractivity contribution in [2.45, 2.75) is 37.8 Å². The lowest BCUT2D eigenvalue weighted by Crippen LogP contribution is -2.54. The normalized spacial score (nSPS) is 22.8. The molecule has 7 heteroatoms. The highest BCUT2D eigenvalue weighted by atomic mass is 16.5. The van der Waals surface area contributed by atoms with Gasteiger partial charge in [-0.15, -0.1) is 0 Å². The first kappa shape index (κ1) is 17.5. The highest BCUT2D eigenvalue weighted by Gasteiger charge is 2.37. The van der Waals surface area contributed by atoms with Gasteiger partial charge in [0, 0.05) is 12.1 Å². The number of fused-ring (bicyclic) bond motifs is 1. The van der Waals surface area contributed by atoms with E-state index in [9.17, 15) is 9.59 Å². The molecule has 2 amide bonds. The van der Waals surface area contributed by atoms with Crippen LogP contribution in [0.4, 0.5) is 0 Å². The summed E-state index contributed by atoms with van der Waals surface area (Å²) in [6.07, 6.45) is 4.41. The Balaban J connectivity index is 1.78. The lowest BCUT2D eigenvalue weighted by Gasteiger charge is -2.43. The number of benzene rings is 1. The van der Waals surface area contributed by atoms with Crippen molar-refractivity contribution < 1.29 is 23.8 Å². The number of rotatable bonds is 5. The topological polar surface area (TPSA) is 91.1 Å². The highest BCUT2D eigenvalue weighted by Crippen LogP contribution is 2.32. The molecule has 0 radical (unpaired) electrons. The molecule has 2 atom stereocenters. The number of amides is 2. The Hall–Kier alpha value is -2.28. The van der Waals surface area contributed by atoms with Gasteiger partial charge in [-0.05, 0) is 31.0 Å². The van der Waals surface area contributed by atoms with Crippen LogP contribution in [0, 0.1) is 0 Å². The summed E-state index contributed by atoms with van der Waals surface area (Å²) in [6, 6.07) is 5.11. The van der Waals surface area contributed by atoms with Crippen LogP contribution in [0.2, 0.25) is 0 Å². The lowest BCUT2D eigenvalue weighted by atomic mass is 9.89. The number of methoxy groups -OCH3 is 1. The van der Waals surface area contributed by atoms with Gasteiger partial charge in [0.25, 0.3) is 11.8 Å². The molecule has 1 aliphatic carbocycles. The van der Waals surface area contributed by atoms with Gasteiger partial charge in [-0.2, -0.15) is 0 Å². The monoisotopic (exact) mass is 348 g/mol. The number of morpholine rings is 1. The third-order valence-electron chi connectivity index (χ3n) is 4.77. The van der Waals surface area contributed by atoms with E-state index in [1.165, 1.54) is 7.11 Å². The summed E-state index contributed by atoms with van der Waals surface area (Å²) in [6.45, 7) is 0.933. The van der Waals surface area contributed by atoms with E-state index in [2.05, 4.69) is 0 Å². The molecule has 7 nitrogen and oxygen atoms in total. The molecule has 2 fully saturated rings. The Morgan fingerprint density at radius 3 is 2.84 bits per heavy atom. The summed E-state index contributed by atoms with van der Waals surface area (Å²) in [7, 11) is 1.49. The van der Waals surface area contributed by atoms with Crippen molar-refractivity contribution >= 4 is 11.8 Å². The number of hydrogen-bond donors (Lipinski definition) is 1. The second-order valence-electron chi connectivity index (χ2n) is 6.38. The summed E-state index contributed by atoms with van der Waals surface area (Å²) in [4.78, 5) is 25.8. The SMILES string of the molecule is COc1cc(C(=O)N2CCO[C@H]3CCCC[C@H]32)ccc1OCC(N)=O. The van der Waals surface area contributed by atoms with E-state index in [-0.39, 0.29) is 24.7 Å². The van der Waals surface area contributed by atoms with Crippen LogP contribution in [0.1, 0.15) is 36.0 Å². The minimum absolute atomic E-state index is 0.0278. The molecule has 1 heterocycles. The number of hydrogen-bond acceptors (Lipinski definition) is 5. The van der Waals surface area contributed by atoms with E-state index in [0.717, 1.165) is 25.7 Å². The largest absolute Gasteiger partial charge is 0.493 e.